The van der Waals surface area contributed by atoms with Crippen molar-refractivity contribution in [2.45, 2.75) is 42.9 Å². The minimum absolute atomic E-state index is 0.00135. The van der Waals surface area contributed by atoms with Crippen LogP contribution in [-0.4, -0.2) is 42.8 Å². The first-order chi connectivity index (χ1) is 13.6. The molecule has 0 spiro atoms. The van der Waals surface area contributed by atoms with Crippen LogP contribution in [0.3, 0.4) is 0 Å². The van der Waals surface area contributed by atoms with Gasteiger partial charge in [-0.2, -0.15) is 0 Å². The Hall–Kier alpha value is -1.98. The zero-order valence-electron chi connectivity index (χ0n) is 17.0. The van der Waals surface area contributed by atoms with Crippen LogP contribution in [0.1, 0.15) is 48.7 Å². The van der Waals surface area contributed by atoms with Gasteiger partial charge >= 0.3 is 0 Å². The first kappa shape index (κ1) is 20.7. The van der Waals surface area contributed by atoms with Gasteiger partial charge in [-0.05, 0) is 55.8 Å². The van der Waals surface area contributed by atoms with Gasteiger partial charge in [0.2, 0.25) is 0 Å². The lowest BCUT2D eigenvalue weighted by Crippen LogP contribution is -2.37. The number of carbonyl (C=O) groups is 1. The van der Waals surface area contributed by atoms with Crippen molar-refractivity contribution in [2.24, 2.45) is 0 Å². The molecule has 4 nitrogen and oxygen atoms in total. The number of amides is 1. The van der Waals surface area contributed by atoms with E-state index in [9.17, 15) is 4.79 Å². The minimum Gasteiger partial charge on any atom is -0.497 e. The Labute approximate surface area is 172 Å². The third-order valence-electron chi connectivity index (χ3n) is 5.03. The van der Waals surface area contributed by atoms with Crippen molar-refractivity contribution in [3.05, 3.63) is 59.7 Å². The molecule has 150 valence electrons. The lowest BCUT2D eigenvalue weighted by molar-refractivity contribution is 0.0935. The van der Waals surface area contributed by atoms with Crippen molar-refractivity contribution in [1.82, 2.24) is 10.2 Å². The van der Waals surface area contributed by atoms with Gasteiger partial charge in [-0.25, -0.2) is 0 Å². The van der Waals surface area contributed by atoms with Crippen LogP contribution < -0.4 is 10.1 Å². The fraction of sp³-hybridized carbons (Fsp3) is 0.435. The second-order valence-corrected chi connectivity index (χ2v) is 9.02. The number of nitrogens with zero attached hydrogens (tertiary/aromatic N) is 1. The van der Waals surface area contributed by atoms with Gasteiger partial charge in [-0.3, -0.25) is 9.69 Å². The fourth-order valence-electron chi connectivity index (χ4n) is 3.63. The van der Waals surface area contributed by atoms with E-state index in [0.717, 1.165) is 29.3 Å². The maximum absolute atomic E-state index is 12.9. The van der Waals surface area contributed by atoms with Crippen molar-refractivity contribution >= 4 is 17.7 Å². The van der Waals surface area contributed by atoms with Crippen molar-refractivity contribution < 1.29 is 9.53 Å². The normalized spacial score (nSPS) is 15.6. The number of rotatable bonds is 8. The largest absolute Gasteiger partial charge is 0.497 e. The van der Waals surface area contributed by atoms with Crippen LogP contribution >= 0.6 is 11.8 Å². The quantitative estimate of drug-likeness (QED) is 0.651. The molecular weight excluding hydrogens is 368 g/mol. The Balaban J connectivity index is 1.73. The molecule has 0 aliphatic carbocycles. The van der Waals surface area contributed by atoms with Crippen molar-refractivity contribution in [3.8, 4) is 5.75 Å². The number of benzene rings is 2. The van der Waals surface area contributed by atoms with E-state index < -0.39 is 0 Å². The second-order valence-electron chi connectivity index (χ2n) is 7.40. The smallest absolute Gasteiger partial charge is 0.252 e. The van der Waals surface area contributed by atoms with E-state index in [2.05, 4.69) is 36.2 Å². The van der Waals surface area contributed by atoms with E-state index in [-0.39, 0.29) is 11.9 Å². The molecule has 28 heavy (non-hydrogen) atoms. The summed E-state index contributed by atoms with van der Waals surface area (Å²) in [6.07, 6.45) is 2.43. The maximum Gasteiger partial charge on any atom is 0.252 e. The number of thioether (sulfide) groups is 1. The number of likely N-dealkylation sites (tertiary alicyclic amines) is 1. The summed E-state index contributed by atoms with van der Waals surface area (Å²) < 4.78 is 5.29. The lowest BCUT2D eigenvalue weighted by Gasteiger charge is -2.28. The molecule has 1 unspecified atom stereocenters. The molecule has 0 aromatic heterocycles. The van der Waals surface area contributed by atoms with E-state index >= 15 is 0 Å². The van der Waals surface area contributed by atoms with Gasteiger partial charge in [0.25, 0.3) is 5.91 Å². The molecule has 1 fully saturated rings. The van der Waals surface area contributed by atoms with Crippen LogP contribution in [0.15, 0.2) is 53.4 Å². The van der Waals surface area contributed by atoms with Crippen LogP contribution in [0.2, 0.25) is 0 Å². The molecule has 0 saturated carbocycles. The highest BCUT2D eigenvalue weighted by atomic mass is 32.2. The molecule has 0 bridgehead atoms. The Bertz CT molecular complexity index is 770. The molecule has 2 aromatic carbocycles. The van der Waals surface area contributed by atoms with Gasteiger partial charge in [-0.15, -0.1) is 11.8 Å². The van der Waals surface area contributed by atoms with Gasteiger partial charge in [-0.1, -0.05) is 38.1 Å². The number of methoxy groups -OCH3 is 1. The molecule has 1 N–H and O–H groups in total. The Morgan fingerprint density at radius 3 is 2.43 bits per heavy atom. The fourth-order valence-corrected chi connectivity index (χ4v) is 4.59. The van der Waals surface area contributed by atoms with Gasteiger partial charge in [0.05, 0.1) is 18.7 Å². The minimum atomic E-state index is 0.00135. The third-order valence-corrected chi connectivity index (χ3v) is 6.11. The number of hydrogen-bond donors (Lipinski definition) is 1. The van der Waals surface area contributed by atoms with Crippen LogP contribution in [0.4, 0.5) is 0 Å². The summed E-state index contributed by atoms with van der Waals surface area (Å²) in [5, 5.41) is 3.63. The molecule has 1 heterocycles. The molecule has 1 aliphatic heterocycles. The molecule has 1 aliphatic rings. The number of carbonyl (C=O) groups excluding carboxylic acids is 1. The summed E-state index contributed by atoms with van der Waals surface area (Å²) in [6.45, 7) is 7.05. The third kappa shape index (κ3) is 5.30. The molecule has 1 saturated heterocycles. The molecular formula is C23H30N2O2S. The number of ether oxygens (including phenoxy) is 1. The van der Waals surface area contributed by atoms with Crippen LogP contribution in [-0.2, 0) is 0 Å². The van der Waals surface area contributed by atoms with Crippen LogP contribution in [0.5, 0.6) is 5.75 Å². The summed E-state index contributed by atoms with van der Waals surface area (Å²) in [5.74, 6) is 0.856. The molecule has 5 heteroatoms. The topological polar surface area (TPSA) is 41.6 Å². The first-order valence-corrected chi connectivity index (χ1v) is 10.9. The number of hydrogen-bond acceptors (Lipinski definition) is 4. The highest BCUT2D eigenvalue weighted by molar-refractivity contribution is 8.00. The van der Waals surface area contributed by atoms with Gasteiger partial charge < -0.3 is 10.1 Å². The van der Waals surface area contributed by atoms with Gasteiger partial charge in [0.15, 0.2) is 0 Å². The average molecular weight is 399 g/mol. The summed E-state index contributed by atoms with van der Waals surface area (Å²) in [5.41, 5.74) is 1.98. The van der Waals surface area contributed by atoms with Gasteiger partial charge in [0, 0.05) is 16.7 Å². The van der Waals surface area contributed by atoms with Gasteiger partial charge in [0.1, 0.15) is 5.75 Å². The van der Waals surface area contributed by atoms with Crippen molar-refractivity contribution in [3.63, 3.8) is 0 Å². The first-order valence-electron chi connectivity index (χ1n) is 10.0. The molecule has 2 aromatic rings. The molecule has 1 atom stereocenters. The van der Waals surface area contributed by atoms with E-state index in [1.807, 2.05) is 36.4 Å². The zero-order valence-corrected chi connectivity index (χ0v) is 17.8. The van der Waals surface area contributed by atoms with E-state index in [0.29, 0.717) is 11.8 Å². The van der Waals surface area contributed by atoms with Crippen molar-refractivity contribution in [2.75, 3.05) is 26.7 Å². The second kappa shape index (κ2) is 9.99. The Kier molecular flexibility index (Phi) is 7.40. The van der Waals surface area contributed by atoms with E-state index in [4.69, 9.17) is 4.74 Å². The predicted octanol–water partition coefficient (Wildman–Crippen LogP) is 4.76. The summed E-state index contributed by atoms with van der Waals surface area (Å²) >= 11 is 1.73. The monoisotopic (exact) mass is 398 g/mol. The standard InChI is InChI=1S/C23H30N2O2S/c1-17(2)28-22-9-5-4-8-20(22)23(26)24-16-21(25-14-6-7-15-25)18-10-12-19(27-3)13-11-18/h4-5,8-13,17,21H,6-7,14-16H2,1-3H3,(H,24,26). The molecule has 0 radical (unpaired) electrons. The predicted molar refractivity (Wildman–Crippen MR) is 116 cm³/mol. The average Bonchev–Trinajstić information content (AvgIpc) is 3.23. The van der Waals surface area contributed by atoms with E-state index in [1.165, 1.54) is 18.4 Å². The maximum atomic E-state index is 12.9. The number of nitrogens with one attached hydrogen (secondary N) is 1. The highest BCUT2D eigenvalue weighted by Crippen LogP contribution is 2.28. The molecule has 1 amide bonds. The van der Waals surface area contributed by atoms with Crippen molar-refractivity contribution in [1.29, 1.82) is 0 Å². The summed E-state index contributed by atoms with van der Waals surface area (Å²) in [4.78, 5) is 16.4. The Morgan fingerprint density at radius 1 is 1.11 bits per heavy atom. The van der Waals surface area contributed by atoms with Crippen LogP contribution in [0.25, 0.3) is 0 Å². The van der Waals surface area contributed by atoms with E-state index in [1.54, 1.807) is 18.9 Å². The summed E-state index contributed by atoms with van der Waals surface area (Å²) in [6, 6.07) is 16.3. The lowest BCUT2D eigenvalue weighted by atomic mass is 10.0. The summed E-state index contributed by atoms with van der Waals surface area (Å²) in [7, 11) is 1.68. The zero-order chi connectivity index (χ0) is 19.9. The van der Waals surface area contributed by atoms with Crippen LogP contribution in [0, 0.1) is 0 Å². The SMILES string of the molecule is COc1ccc(C(CNC(=O)c2ccccc2SC(C)C)N2CCCC2)cc1. The molecule has 3 rings (SSSR count). The Morgan fingerprint density at radius 2 is 1.79 bits per heavy atom. The highest BCUT2D eigenvalue weighted by Gasteiger charge is 2.24.